The molecule has 0 bridgehead atoms. The standard InChI is InChI=1S/C16H23N3O4/c1-11(2)18-14(20)12-7-4-5-8-13(12)19-16(22)15(21)17-9-6-10-23-3/h4-5,7-8,11H,6,9-10H2,1-3H3,(H,17,21)(H,18,20)(H,19,22). The third-order valence-corrected chi connectivity index (χ3v) is 2.86. The fourth-order valence-electron chi connectivity index (χ4n) is 1.81. The summed E-state index contributed by atoms with van der Waals surface area (Å²) in [7, 11) is 1.56. The lowest BCUT2D eigenvalue weighted by Gasteiger charge is -2.13. The van der Waals surface area contributed by atoms with Crippen LogP contribution in [0.1, 0.15) is 30.6 Å². The van der Waals surface area contributed by atoms with E-state index in [1.165, 1.54) is 0 Å². The highest BCUT2D eigenvalue weighted by atomic mass is 16.5. The van der Waals surface area contributed by atoms with Crippen molar-refractivity contribution in [3.05, 3.63) is 29.8 Å². The predicted octanol–water partition coefficient (Wildman–Crippen LogP) is 0.916. The van der Waals surface area contributed by atoms with Gasteiger partial charge in [0.25, 0.3) is 5.91 Å². The Balaban J connectivity index is 2.67. The Hall–Kier alpha value is -2.41. The lowest BCUT2D eigenvalue weighted by molar-refractivity contribution is -0.136. The van der Waals surface area contributed by atoms with Gasteiger partial charge in [-0.15, -0.1) is 0 Å². The molecule has 7 heteroatoms. The van der Waals surface area contributed by atoms with Crippen molar-refractivity contribution in [1.29, 1.82) is 0 Å². The minimum Gasteiger partial charge on any atom is -0.385 e. The van der Waals surface area contributed by atoms with Gasteiger partial charge in [0.1, 0.15) is 0 Å². The van der Waals surface area contributed by atoms with E-state index in [4.69, 9.17) is 4.74 Å². The fraction of sp³-hybridized carbons (Fsp3) is 0.438. The first-order chi connectivity index (χ1) is 11.0. The van der Waals surface area contributed by atoms with E-state index in [9.17, 15) is 14.4 Å². The number of benzene rings is 1. The van der Waals surface area contributed by atoms with E-state index in [1.807, 2.05) is 13.8 Å². The molecular weight excluding hydrogens is 298 g/mol. The number of methoxy groups -OCH3 is 1. The molecule has 0 fully saturated rings. The van der Waals surface area contributed by atoms with Crippen LogP contribution in [0.3, 0.4) is 0 Å². The van der Waals surface area contributed by atoms with Gasteiger partial charge in [-0.3, -0.25) is 14.4 Å². The van der Waals surface area contributed by atoms with Crippen molar-refractivity contribution in [3.63, 3.8) is 0 Å². The molecule has 0 aliphatic heterocycles. The van der Waals surface area contributed by atoms with Crippen LogP contribution in [0, 0.1) is 0 Å². The van der Waals surface area contributed by atoms with Gasteiger partial charge in [0.2, 0.25) is 0 Å². The summed E-state index contributed by atoms with van der Waals surface area (Å²) in [6.07, 6.45) is 0.614. The van der Waals surface area contributed by atoms with Crippen LogP contribution in [0.15, 0.2) is 24.3 Å². The van der Waals surface area contributed by atoms with Crippen molar-refractivity contribution in [2.24, 2.45) is 0 Å². The predicted molar refractivity (Wildman–Crippen MR) is 87.2 cm³/mol. The number of anilines is 1. The Kier molecular flexibility index (Phi) is 7.76. The molecule has 0 unspecified atom stereocenters. The lowest BCUT2D eigenvalue weighted by atomic mass is 10.1. The number of para-hydroxylation sites is 1. The van der Waals surface area contributed by atoms with E-state index >= 15 is 0 Å². The molecule has 0 saturated heterocycles. The van der Waals surface area contributed by atoms with E-state index in [2.05, 4.69) is 16.0 Å². The highest BCUT2D eigenvalue weighted by molar-refractivity contribution is 6.40. The summed E-state index contributed by atoms with van der Waals surface area (Å²) in [5.41, 5.74) is 0.601. The molecule has 1 aromatic rings. The molecule has 0 heterocycles. The second-order valence-corrected chi connectivity index (χ2v) is 5.23. The average molecular weight is 321 g/mol. The van der Waals surface area contributed by atoms with Gasteiger partial charge in [-0.1, -0.05) is 12.1 Å². The summed E-state index contributed by atoms with van der Waals surface area (Å²) in [5, 5.41) is 7.69. The first-order valence-electron chi connectivity index (χ1n) is 7.43. The number of hydrogen-bond donors (Lipinski definition) is 3. The number of carbonyl (C=O) groups excluding carboxylic acids is 3. The maximum atomic E-state index is 12.1. The number of hydrogen-bond acceptors (Lipinski definition) is 4. The maximum absolute atomic E-state index is 12.1. The summed E-state index contributed by atoms with van der Waals surface area (Å²) < 4.78 is 4.86. The molecule has 23 heavy (non-hydrogen) atoms. The van der Waals surface area contributed by atoms with E-state index in [0.717, 1.165) is 0 Å². The Morgan fingerprint density at radius 1 is 1.13 bits per heavy atom. The van der Waals surface area contributed by atoms with Crippen molar-refractivity contribution in [1.82, 2.24) is 10.6 Å². The average Bonchev–Trinajstić information content (AvgIpc) is 2.51. The number of nitrogens with one attached hydrogen (secondary N) is 3. The van der Waals surface area contributed by atoms with Crippen molar-refractivity contribution in [3.8, 4) is 0 Å². The highest BCUT2D eigenvalue weighted by Crippen LogP contribution is 2.15. The summed E-state index contributed by atoms with van der Waals surface area (Å²) >= 11 is 0. The first kappa shape index (κ1) is 18.6. The van der Waals surface area contributed by atoms with Gasteiger partial charge in [0.15, 0.2) is 0 Å². The van der Waals surface area contributed by atoms with E-state index < -0.39 is 11.8 Å². The van der Waals surface area contributed by atoms with E-state index in [1.54, 1.807) is 31.4 Å². The van der Waals surface area contributed by atoms with Crippen LogP contribution in [0.25, 0.3) is 0 Å². The monoisotopic (exact) mass is 321 g/mol. The minimum atomic E-state index is -0.813. The zero-order valence-corrected chi connectivity index (χ0v) is 13.6. The van der Waals surface area contributed by atoms with Crippen LogP contribution in [-0.2, 0) is 14.3 Å². The smallest absolute Gasteiger partial charge is 0.313 e. The molecule has 0 aromatic heterocycles. The van der Waals surface area contributed by atoms with Gasteiger partial charge < -0.3 is 20.7 Å². The molecule has 0 radical (unpaired) electrons. The fourth-order valence-corrected chi connectivity index (χ4v) is 1.81. The Bertz CT molecular complexity index is 558. The molecule has 0 spiro atoms. The van der Waals surface area contributed by atoms with Crippen LogP contribution < -0.4 is 16.0 Å². The second-order valence-electron chi connectivity index (χ2n) is 5.23. The molecular formula is C16H23N3O4. The van der Waals surface area contributed by atoms with Crippen molar-refractivity contribution < 1.29 is 19.1 Å². The topological polar surface area (TPSA) is 96.5 Å². The molecule has 1 rings (SSSR count). The third kappa shape index (κ3) is 6.48. The van der Waals surface area contributed by atoms with Gasteiger partial charge in [-0.05, 0) is 32.4 Å². The van der Waals surface area contributed by atoms with Crippen LogP contribution in [-0.4, -0.2) is 44.0 Å². The van der Waals surface area contributed by atoms with Crippen molar-refractivity contribution in [2.45, 2.75) is 26.3 Å². The number of amides is 3. The van der Waals surface area contributed by atoms with Crippen LogP contribution >= 0.6 is 0 Å². The number of carbonyl (C=O) groups is 3. The van der Waals surface area contributed by atoms with Gasteiger partial charge in [-0.25, -0.2) is 0 Å². The molecule has 0 aliphatic rings. The highest BCUT2D eigenvalue weighted by Gasteiger charge is 2.17. The summed E-state index contributed by atoms with van der Waals surface area (Å²) in [6, 6.07) is 6.50. The Labute approximate surface area is 135 Å². The number of ether oxygens (including phenoxy) is 1. The van der Waals surface area contributed by atoms with Crippen molar-refractivity contribution in [2.75, 3.05) is 25.6 Å². The summed E-state index contributed by atoms with van der Waals surface area (Å²) in [5.74, 6) is -1.87. The molecule has 0 saturated carbocycles. The molecule has 0 atom stereocenters. The second kappa shape index (κ2) is 9.58. The summed E-state index contributed by atoms with van der Waals surface area (Å²) in [6.45, 7) is 4.52. The van der Waals surface area contributed by atoms with Gasteiger partial charge in [-0.2, -0.15) is 0 Å². The van der Waals surface area contributed by atoms with E-state index in [-0.39, 0.29) is 11.9 Å². The van der Waals surface area contributed by atoms with Crippen LogP contribution in [0.4, 0.5) is 5.69 Å². The van der Waals surface area contributed by atoms with Gasteiger partial charge in [0.05, 0.1) is 11.3 Å². The van der Waals surface area contributed by atoms with Crippen molar-refractivity contribution >= 4 is 23.4 Å². The lowest BCUT2D eigenvalue weighted by Crippen LogP contribution is -2.37. The van der Waals surface area contributed by atoms with Crippen LogP contribution in [0.2, 0.25) is 0 Å². The van der Waals surface area contributed by atoms with Gasteiger partial charge in [0, 0.05) is 26.3 Å². The minimum absolute atomic E-state index is 0.0321. The van der Waals surface area contributed by atoms with E-state index in [0.29, 0.717) is 30.8 Å². The first-order valence-corrected chi connectivity index (χ1v) is 7.43. The Morgan fingerprint density at radius 2 is 1.83 bits per heavy atom. The zero-order chi connectivity index (χ0) is 17.2. The zero-order valence-electron chi connectivity index (χ0n) is 13.6. The molecule has 1 aromatic carbocycles. The molecule has 7 nitrogen and oxygen atoms in total. The third-order valence-electron chi connectivity index (χ3n) is 2.86. The normalized spacial score (nSPS) is 10.3. The van der Waals surface area contributed by atoms with Crippen LogP contribution in [0.5, 0.6) is 0 Å². The summed E-state index contributed by atoms with van der Waals surface area (Å²) in [4.78, 5) is 35.7. The molecule has 0 aliphatic carbocycles. The molecule has 126 valence electrons. The molecule has 3 N–H and O–H groups in total. The Morgan fingerprint density at radius 3 is 2.48 bits per heavy atom. The SMILES string of the molecule is COCCCNC(=O)C(=O)Nc1ccccc1C(=O)NC(C)C. The largest absolute Gasteiger partial charge is 0.385 e. The quantitative estimate of drug-likeness (QED) is 0.514. The van der Waals surface area contributed by atoms with Gasteiger partial charge >= 0.3 is 11.8 Å². The molecule has 3 amide bonds. The number of rotatable bonds is 7. The maximum Gasteiger partial charge on any atom is 0.313 e.